The van der Waals surface area contributed by atoms with E-state index in [-0.39, 0.29) is 6.61 Å². The van der Waals surface area contributed by atoms with Crippen LogP contribution >= 0.6 is 0 Å². The summed E-state index contributed by atoms with van der Waals surface area (Å²) in [5.74, 6) is -0.934. The number of aliphatic carboxylic acids is 1. The summed E-state index contributed by atoms with van der Waals surface area (Å²) in [6.45, 7) is 3.84. The number of rotatable bonds is 7. The van der Waals surface area contributed by atoms with Gasteiger partial charge in [0, 0.05) is 6.61 Å². The molecule has 14 heavy (non-hydrogen) atoms. The van der Waals surface area contributed by atoms with Gasteiger partial charge in [-0.1, -0.05) is 0 Å². The molecule has 3 N–H and O–H groups in total. The van der Waals surface area contributed by atoms with Gasteiger partial charge in [-0.3, -0.25) is 4.79 Å². The highest BCUT2D eigenvalue weighted by atomic mass is 16.5. The van der Waals surface area contributed by atoms with Gasteiger partial charge in [0.1, 0.15) is 6.04 Å². The molecule has 0 spiro atoms. The van der Waals surface area contributed by atoms with Crippen LogP contribution in [0.3, 0.4) is 0 Å². The van der Waals surface area contributed by atoms with E-state index < -0.39 is 17.6 Å². The summed E-state index contributed by atoms with van der Waals surface area (Å²) in [7, 11) is 1.57. The third-order valence-corrected chi connectivity index (χ3v) is 1.79. The van der Waals surface area contributed by atoms with Crippen molar-refractivity contribution in [2.75, 3.05) is 20.3 Å². The molecule has 5 heteroatoms. The fourth-order valence-corrected chi connectivity index (χ4v) is 0.801. The van der Waals surface area contributed by atoms with Crippen molar-refractivity contribution in [2.24, 2.45) is 0 Å². The molecule has 0 unspecified atom stereocenters. The molecule has 0 fully saturated rings. The van der Waals surface area contributed by atoms with E-state index in [1.54, 1.807) is 20.9 Å². The Morgan fingerprint density at radius 3 is 2.50 bits per heavy atom. The van der Waals surface area contributed by atoms with Crippen molar-refractivity contribution in [3.05, 3.63) is 0 Å². The first kappa shape index (κ1) is 13.4. The van der Waals surface area contributed by atoms with Gasteiger partial charge in [0.2, 0.25) is 0 Å². The third-order valence-electron chi connectivity index (χ3n) is 1.79. The van der Waals surface area contributed by atoms with E-state index in [1.807, 2.05) is 0 Å². The lowest BCUT2D eigenvalue weighted by atomic mass is 10.1. The normalized spacial score (nSPS) is 14.0. The van der Waals surface area contributed by atoms with Gasteiger partial charge in [0.05, 0.1) is 12.2 Å². The summed E-state index contributed by atoms with van der Waals surface area (Å²) in [5.41, 5.74) is -0.766. The van der Waals surface area contributed by atoms with Gasteiger partial charge in [-0.2, -0.15) is 0 Å². The van der Waals surface area contributed by atoms with E-state index in [9.17, 15) is 9.90 Å². The zero-order valence-electron chi connectivity index (χ0n) is 8.91. The van der Waals surface area contributed by atoms with Crippen LogP contribution in [-0.2, 0) is 9.53 Å². The number of carbonyl (C=O) groups is 1. The molecule has 5 nitrogen and oxygen atoms in total. The fourth-order valence-electron chi connectivity index (χ4n) is 0.801. The maximum absolute atomic E-state index is 10.5. The smallest absolute Gasteiger partial charge is 0.323 e. The van der Waals surface area contributed by atoms with E-state index in [0.717, 1.165) is 0 Å². The van der Waals surface area contributed by atoms with E-state index in [2.05, 4.69) is 5.32 Å². The Hall–Kier alpha value is -0.650. The summed E-state index contributed by atoms with van der Waals surface area (Å²) < 4.78 is 5.12. The maximum Gasteiger partial charge on any atom is 0.323 e. The Labute approximate surface area is 84.1 Å². The van der Waals surface area contributed by atoms with Crippen LogP contribution in [0, 0.1) is 0 Å². The summed E-state index contributed by atoms with van der Waals surface area (Å²) in [5, 5.41) is 20.6. The van der Waals surface area contributed by atoms with Crippen LogP contribution in [0.2, 0.25) is 0 Å². The quantitative estimate of drug-likeness (QED) is 0.503. The first-order valence-corrected chi connectivity index (χ1v) is 4.57. The van der Waals surface area contributed by atoms with Crippen molar-refractivity contribution < 1.29 is 19.7 Å². The van der Waals surface area contributed by atoms with Crippen LogP contribution in [0.5, 0.6) is 0 Å². The number of aliphatic hydroxyl groups is 1. The second-order valence-corrected chi connectivity index (χ2v) is 3.82. The van der Waals surface area contributed by atoms with Gasteiger partial charge >= 0.3 is 5.97 Å². The molecule has 0 aromatic heterocycles. The van der Waals surface area contributed by atoms with Crippen LogP contribution in [-0.4, -0.2) is 48.1 Å². The lowest BCUT2D eigenvalue weighted by molar-refractivity contribution is -0.141. The van der Waals surface area contributed by atoms with Gasteiger partial charge in [0.15, 0.2) is 0 Å². The SMILES string of the molecule is CN[C@@H](COCCC(C)(C)O)C(=O)O. The number of likely N-dealkylation sites (N-methyl/N-ethyl adjacent to an activating group) is 1. The van der Waals surface area contributed by atoms with Crippen molar-refractivity contribution in [1.82, 2.24) is 5.32 Å². The van der Waals surface area contributed by atoms with Crippen molar-refractivity contribution >= 4 is 5.97 Å². The third kappa shape index (κ3) is 6.82. The minimum Gasteiger partial charge on any atom is -0.480 e. The standard InChI is InChI=1S/C9H19NO4/c1-9(2,13)4-5-14-6-7(10-3)8(11)12/h7,10,13H,4-6H2,1-3H3,(H,11,12)/t7-/m0/s1. The lowest BCUT2D eigenvalue weighted by Crippen LogP contribution is -2.38. The summed E-state index contributed by atoms with van der Waals surface area (Å²) >= 11 is 0. The zero-order valence-corrected chi connectivity index (χ0v) is 8.91. The molecular formula is C9H19NO4. The van der Waals surface area contributed by atoms with Crippen LogP contribution in [0.15, 0.2) is 0 Å². The van der Waals surface area contributed by atoms with E-state index in [1.165, 1.54) is 0 Å². The molecule has 0 radical (unpaired) electrons. The molecule has 0 aromatic rings. The van der Waals surface area contributed by atoms with Crippen molar-refractivity contribution in [3.8, 4) is 0 Å². The summed E-state index contributed by atoms with van der Waals surface area (Å²) in [4.78, 5) is 10.5. The van der Waals surface area contributed by atoms with Crippen molar-refractivity contribution in [3.63, 3.8) is 0 Å². The first-order chi connectivity index (χ1) is 6.37. The molecule has 0 amide bonds. The van der Waals surface area contributed by atoms with Crippen LogP contribution in [0.4, 0.5) is 0 Å². The number of carboxylic acids is 1. The monoisotopic (exact) mass is 205 g/mol. The highest BCUT2D eigenvalue weighted by Gasteiger charge is 2.16. The van der Waals surface area contributed by atoms with Gasteiger partial charge in [-0.05, 0) is 27.3 Å². The molecule has 0 rings (SSSR count). The number of hydrogen-bond donors (Lipinski definition) is 3. The van der Waals surface area contributed by atoms with Crippen molar-refractivity contribution in [1.29, 1.82) is 0 Å². The highest BCUT2D eigenvalue weighted by molar-refractivity contribution is 5.73. The fraction of sp³-hybridized carbons (Fsp3) is 0.889. The Morgan fingerprint density at radius 1 is 1.57 bits per heavy atom. The molecule has 0 saturated heterocycles. The van der Waals surface area contributed by atoms with Crippen LogP contribution < -0.4 is 5.32 Å². The molecule has 84 valence electrons. The molecule has 1 atom stereocenters. The zero-order chi connectivity index (χ0) is 11.2. The second kappa shape index (κ2) is 5.95. The highest BCUT2D eigenvalue weighted by Crippen LogP contribution is 2.06. The Morgan fingerprint density at radius 2 is 2.14 bits per heavy atom. The van der Waals surface area contributed by atoms with Crippen LogP contribution in [0.25, 0.3) is 0 Å². The van der Waals surface area contributed by atoms with Gasteiger partial charge < -0.3 is 20.3 Å². The first-order valence-electron chi connectivity index (χ1n) is 4.57. The second-order valence-electron chi connectivity index (χ2n) is 3.82. The van der Waals surface area contributed by atoms with E-state index in [4.69, 9.17) is 9.84 Å². The molecule has 0 heterocycles. The predicted molar refractivity (Wildman–Crippen MR) is 52.2 cm³/mol. The van der Waals surface area contributed by atoms with Crippen molar-refractivity contribution in [2.45, 2.75) is 31.9 Å². The van der Waals surface area contributed by atoms with Gasteiger partial charge in [-0.15, -0.1) is 0 Å². The molecule has 0 aliphatic carbocycles. The Kier molecular flexibility index (Phi) is 5.68. The molecule has 0 aliphatic rings. The number of nitrogens with one attached hydrogen (secondary N) is 1. The minimum absolute atomic E-state index is 0.113. The number of hydrogen-bond acceptors (Lipinski definition) is 4. The minimum atomic E-state index is -0.934. The molecule has 0 saturated carbocycles. The Bertz CT molecular complexity index is 176. The molecule has 0 aliphatic heterocycles. The molecule has 0 bridgehead atoms. The lowest BCUT2D eigenvalue weighted by Gasteiger charge is -2.17. The summed E-state index contributed by atoms with van der Waals surface area (Å²) in [6, 6.07) is -0.684. The Balaban J connectivity index is 3.58. The van der Waals surface area contributed by atoms with E-state index >= 15 is 0 Å². The topological polar surface area (TPSA) is 78.8 Å². The summed E-state index contributed by atoms with van der Waals surface area (Å²) in [6.07, 6.45) is 0.489. The van der Waals surface area contributed by atoms with Gasteiger partial charge in [0.25, 0.3) is 0 Å². The number of carboxylic acid groups (broad SMARTS) is 1. The average molecular weight is 205 g/mol. The average Bonchev–Trinajstić information content (AvgIpc) is 2.01. The van der Waals surface area contributed by atoms with E-state index in [0.29, 0.717) is 13.0 Å². The molecule has 0 aromatic carbocycles. The largest absolute Gasteiger partial charge is 0.480 e. The maximum atomic E-state index is 10.5. The van der Waals surface area contributed by atoms with Gasteiger partial charge in [-0.25, -0.2) is 0 Å². The number of ether oxygens (including phenoxy) is 1. The predicted octanol–water partition coefficient (Wildman–Crippen LogP) is -0.163. The molecular weight excluding hydrogens is 186 g/mol. The van der Waals surface area contributed by atoms with Crippen LogP contribution in [0.1, 0.15) is 20.3 Å².